The van der Waals surface area contributed by atoms with Crippen LogP contribution in [-0.4, -0.2) is 112 Å². The number of methoxy groups -OCH3 is 2. The van der Waals surface area contributed by atoms with E-state index in [0.717, 1.165) is 11.1 Å². The van der Waals surface area contributed by atoms with Gasteiger partial charge in [-0.2, -0.15) is 0 Å². The SMILES string of the molecule is C=CCOC(=O)Nc1cc(OCCCOc2cc(NC(=O)OCC=C)c(C(=O)N3C=C(/C=C/C)C[C@H]3COC(C)=O)cc2OC)c(OC)cc1C(=O)N1C=C(/C=C/C)C[C@H]1COC(C)=O. The highest BCUT2D eigenvalue weighted by Crippen LogP contribution is 2.38. The molecule has 4 amide bonds. The zero-order valence-electron chi connectivity index (χ0n) is 37.5. The Labute approximate surface area is 378 Å². The van der Waals surface area contributed by atoms with E-state index in [1.165, 1.54) is 74.3 Å². The first-order valence-corrected chi connectivity index (χ1v) is 20.6. The smallest absolute Gasteiger partial charge is 0.411 e. The summed E-state index contributed by atoms with van der Waals surface area (Å²) < 4.78 is 44.2. The number of nitrogens with one attached hydrogen (secondary N) is 2. The molecule has 18 heteroatoms. The first kappa shape index (κ1) is 50.1. The molecule has 2 aliphatic heterocycles. The number of anilines is 2. The molecule has 0 unspecified atom stereocenters. The maximum absolute atomic E-state index is 14.2. The lowest BCUT2D eigenvalue weighted by Crippen LogP contribution is -2.37. The molecule has 0 radical (unpaired) electrons. The number of amides is 4. The summed E-state index contributed by atoms with van der Waals surface area (Å²) in [5.41, 5.74) is 1.87. The van der Waals surface area contributed by atoms with E-state index in [4.69, 9.17) is 37.9 Å². The van der Waals surface area contributed by atoms with Gasteiger partial charge in [-0.3, -0.25) is 29.8 Å². The molecule has 2 aromatic rings. The number of ether oxygens (including phenoxy) is 8. The molecule has 348 valence electrons. The molecule has 4 rings (SSSR count). The number of benzene rings is 2. The molecule has 2 heterocycles. The van der Waals surface area contributed by atoms with Gasteiger partial charge in [0, 0.05) is 44.8 Å². The maximum Gasteiger partial charge on any atom is 0.411 e. The Hall–Kier alpha value is -7.50. The molecule has 0 saturated heterocycles. The number of hydrogen-bond acceptors (Lipinski definition) is 14. The van der Waals surface area contributed by atoms with Gasteiger partial charge in [-0.1, -0.05) is 49.6 Å². The van der Waals surface area contributed by atoms with Crippen molar-refractivity contribution in [3.63, 3.8) is 0 Å². The van der Waals surface area contributed by atoms with Crippen LogP contribution in [0.2, 0.25) is 0 Å². The lowest BCUT2D eigenvalue weighted by molar-refractivity contribution is -0.143. The van der Waals surface area contributed by atoms with Gasteiger partial charge in [0.15, 0.2) is 23.0 Å². The zero-order valence-corrected chi connectivity index (χ0v) is 37.5. The van der Waals surface area contributed by atoms with Gasteiger partial charge in [0.05, 0.1) is 62.0 Å². The first-order chi connectivity index (χ1) is 31.3. The van der Waals surface area contributed by atoms with Crippen LogP contribution in [0.4, 0.5) is 21.0 Å². The fraction of sp³-hybridized carbons (Fsp3) is 0.362. The van der Waals surface area contributed by atoms with Crippen LogP contribution in [0.5, 0.6) is 23.0 Å². The monoisotopic (exact) mass is 900 g/mol. The van der Waals surface area contributed by atoms with Crippen molar-refractivity contribution in [1.29, 1.82) is 0 Å². The first-order valence-electron chi connectivity index (χ1n) is 20.6. The Morgan fingerprint density at radius 3 is 1.37 bits per heavy atom. The summed E-state index contributed by atoms with van der Waals surface area (Å²) in [7, 11) is 2.80. The molecule has 0 aromatic heterocycles. The number of hydrogen-bond donors (Lipinski definition) is 2. The van der Waals surface area contributed by atoms with Crippen LogP contribution in [0, 0.1) is 0 Å². The fourth-order valence-electron chi connectivity index (χ4n) is 6.71. The highest BCUT2D eigenvalue weighted by Gasteiger charge is 2.34. The number of esters is 2. The van der Waals surface area contributed by atoms with Crippen LogP contribution in [0.15, 0.2) is 97.4 Å². The van der Waals surface area contributed by atoms with E-state index in [1.54, 1.807) is 12.4 Å². The van der Waals surface area contributed by atoms with Gasteiger partial charge in [0.2, 0.25) is 0 Å². The van der Waals surface area contributed by atoms with Crippen LogP contribution >= 0.6 is 0 Å². The molecule has 0 fully saturated rings. The summed E-state index contributed by atoms with van der Waals surface area (Å²) in [5, 5.41) is 5.22. The molecule has 2 N–H and O–H groups in total. The molecule has 18 nitrogen and oxygen atoms in total. The topological polar surface area (TPSA) is 207 Å². The van der Waals surface area contributed by atoms with Gasteiger partial charge in [-0.15, -0.1) is 0 Å². The fourth-order valence-corrected chi connectivity index (χ4v) is 6.71. The normalized spacial score (nSPS) is 15.4. The van der Waals surface area contributed by atoms with Crippen molar-refractivity contribution in [2.75, 3.05) is 64.5 Å². The van der Waals surface area contributed by atoms with E-state index in [1.807, 2.05) is 38.2 Å². The third kappa shape index (κ3) is 14.3. The number of allylic oxidation sites excluding steroid dienone is 4. The summed E-state index contributed by atoms with van der Waals surface area (Å²) in [6.45, 7) is 13.2. The predicted molar refractivity (Wildman–Crippen MR) is 240 cm³/mol. The molecule has 0 aliphatic carbocycles. The minimum Gasteiger partial charge on any atom is -0.493 e. The van der Waals surface area contributed by atoms with Crippen molar-refractivity contribution in [3.05, 3.63) is 109 Å². The van der Waals surface area contributed by atoms with Crippen LogP contribution in [0.1, 0.15) is 67.7 Å². The number of rotatable bonds is 22. The number of carbonyl (C=O) groups is 6. The zero-order chi connectivity index (χ0) is 47.5. The van der Waals surface area contributed by atoms with Crippen LogP contribution in [-0.2, 0) is 28.5 Å². The second-order valence-corrected chi connectivity index (χ2v) is 14.3. The molecule has 65 heavy (non-hydrogen) atoms. The third-order valence-corrected chi connectivity index (χ3v) is 9.54. The standard InChI is InChI=1S/C47H56N4O14/c1-9-14-32-20-34(28-64-30(5)52)50(26-32)44(54)36-22-40(58-7)42(24-38(36)48-46(56)62-16-11-3)60-18-13-19-61-43-25-39(49-47(57)63-17-12-4)37(23-41(43)59-8)45(55)51-27-33(15-10-2)21-35(51)29-65-31(6)53/h9-12,14-15,22-27,34-35H,3-4,13,16-21,28-29H2,1-2,5-8H3,(H,48,56)(H,49,57)/b14-9+,15-10+/t34-,35-/m0/s1. The van der Waals surface area contributed by atoms with Crippen molar-refractivity contribution in [3.8, 4) is 23.0 Å². The lowest BCUT2D eigenvalue weighted by Gasteiger charge is -2.25. The lowest BCUT2D eigenvalue weighted by atomic mass is 10.1. The predicted octanol–water partition coefficient (Wildman–Crippen LogP) is 7.50. The van der Waals surface area contributed by atoms with Crippen molar-refractivity contribution < 1.29 is 66.7 Å². The maximum atomic E-state index is 14.2. The molecule has 2 aliphatic rings. The Kier molecular flexibility index (Phi) is 19.3. The van der Waals surface area contributed by atoms with Crippen LogP contribution < -0.4 is 29.6 Å². The van der Waals surface area contributed by atoms with Gasteiger partial charge in [-0.25, -0.2) is 9.59 Å². The summed E-state index contributed by atoms with van der Waals surface area (Å²) >= 11 is 0. The molecule has 2 atom stereocenters. The van der Waals surface area contributed by atoms with Crippen LogP contribution in [0.25, 0.3) is 0 Å². The summed E-state index contributed by atoms with van der Waals surface area (Å²) in [6.07, 6.45) is 12.9. The molecule has 0 spiro atoms. The Balaban J connectivity index is 1.58. The second-order valence-electron chi connectivity index (χ2n) is 14.3. The van der Waals surface area contributed by atoms with Gasteiger partial charge in [-0.05, 0) is 50.0 Å². The quantitative estimate of drug-likeness (QED) is 0.0508. The molecule has 0 saturated carbocycles. The van der Waals surface area contributed by atoms with E-state index in [0.29, 0.717) is 12.8 Å². The number of carbonyl (C=O) groups excluding carboxylic acids is 6. The minimum absolute atomic E-state index is 0.0459. The van der Waals surface area contributed by atoms with Gasteiger partial charge in [0.1, 0.15) is 26.4 Å². The largest absolute Gasteiger partial charge is 0.493 e. The van der Waals surface area contributed by atoms with Crippen molar-refractivity contribution in [2.24, 2.45) is 0 Å². The van der Waals surface area contributed by atoms with Crippen molar-refractivity contribution >= 4 is 47.3 Å². The molecule has 2 aromatic carbocycles. The van der Waals surface area contributed by atoms with Gasteiger partial charge in [0.25, 0.3) is 11.8 Å². The molecule has 0 bridgehead atoms. The summed E-state index contributed by atoms with van der Waals surface area (Å²) in [4.78, 5) is 80.2. The van der Waals surface area contributed by atoms with E-state index >= 15 is 0 Å². The Morgan fingerprint density at radius 2 is 1.03 bits per heavy atom. The Bertz CT molecular complexity index is 2080. The Morgan fingerprint density at radius 1 is 0.631 bits per heavy atom. The van der Waals surface area contributed by atoms with E-state index in [9.17, 15) is 28.8 Å². The molecular formula is C47H56N4O14. The average Bonchev–Trinajstić information content (AvgIpc) is 3.89. The second kappa shape index (κ2) is 25.0. The van der Waals surface area contributed by atoms with E-state index < -0.39 is 48.0 Å². The van der Waals surface area contributed by atoms with Gasteiger partial charge >= 0.3 is 24.1 Å². The summed E-state index contributed by atoms with van der Waals surface area (Å²) in [5.74, 6) is -1.31. The summed E-state index contributed by atoms with van der Waals surface area (Å²) in [6, 6.07) is 4.71. The van der Waals surface area contributed by atoms with E-state index in [2.05, 4.69) is 23.8 Å². The van der Waals surface area contributed by atoms with Crippen LogP contribution in [0.3, 0.4) is 0 Å². The van der Waals surface area contributed by atoms with Gasteiger partial charge < -0.3 is 47.7 Å². The highest BCUT2D eigenvalue weighted by molar-refractivity contribution is 6.05. The van der Waals surface area contributed by atoms with E-state index in [-0.39, 0.29) is 91.6 Å². The molecular weight excluding hydrogens is 845 g/mol. The minimum atomic E-state index is -0.854. The van der Waals surface area contributed by atoms with Crippen molar-refractivity contribution in [2.45, 2.75) is 59.0 Å². The number of nitrogens with zero attached hydrogens (tertiary/aromatic N) is 2. The average molecular weight is 901 g/mol. The third-order valence-electron chi connectivity index (χ3n) is 9.54. The highest BCUT2D eigenvalue weighted by atomic mass is 16.6. The van der Waals surface area contributed by atoms with Crippen molar-refractivity contribution in [1.82, 2.24) is 9.80 Å².